The van der Waals surface area contributed by atoms with Gasteiger partial charge in [-0.2, -0.15) is 5.26 Å². The summed E-state index contributed by atoms with van der Waals surface area (Å²) in [4.78, 5) is 2.34. The lowest BCUT2D eigenvalue weighted by molar-refractivity contribution is 0.865. The van der Waals surface area contributed by atoms with E-state index in [1.54, 1.807) is 0 Å². The Bertz CT molecular complexity index is 1310. The molecule has 3 heteroatoms. The van der Waals surface area contributed by atoms with Crippen LogP contribution < -0.4 is 4.90 Å². The first kappa shape index (κ1) is 21.5. The van der Waals surface area contributed by atoms with Crippen molar-refractivity contribution < 1.29 is 0 Å². The molecule has 0 atom stereocenters. The summed E-state index contributed by atoms with van der Waals surface area (Å²) in [5.74, 6) is 0. The molecule has 1 heterocycles. The second-order valence-corrected chi connectivity index (χ2v) is 8.08. The van der Waals surface area contributed by atoms with E-state index in [-0.39, 0.29) is 0 Å². The fourth-order valence-corrected chi connectivity index (χ4v) is 4.42. The van der Waals surface area contributed by atoms with Gasteiger partial charge in [-0.1, -0.05) is 36.4 Å². The first-order chi connectivity index (χ1) is 15.5. The molecule has 0 N–H and O–H groups in total. The molecule has 160 valence electrons. The predicted molar refractivity (Wildman–Crippen MR) is 136 cm³/mol. The minimum Gasteiger partial charge on any atom is -0.372 e. The Morgan fingerprint density at radius 1 is 0.906 bits per heavy atom. The number of aryl methyl sites for hydroxylation is 1. The molecule has 0 saturated heterocycles. The number of aromatic nitrogens is 1. The average molecular weight is 420 g/mol. The maximum atomic E-state index is 9.90. The number of benzene rings is 3. The van der Waals surface area contributed by atoms with Crippen molar-refractivity contribution in [2.45, 2.75) is 27.7 Å². The van der Waals surface area contributed by atoms with Gasteiger partial charge < -0.3 is 9.47 Å². The highest BCUT2D eigenvalue weighted by Crippen LogP contribution is 2.28. The molecule has 0 fully saturated rings. The van der Waals surface area contributed by atoms with Gasteiger partial charge in [-0.25, -0.2) is 0 Å². The molecule has 0 unspecified atom stereocenters. The lowest BCUT2D eigenvalue weighted by Gasteiger charge is -2.21. The van der Waals surface area contributed by atoms with E-state index < -0.39 is 0 Å². The number of nitrogens with zero attached hydrogens (tertiary/aromatic N) is 3. The van der Waals surface area contributed by atoms with Crippen LogP contribution in [0.25, 0.3) is 28.1 Å². The van der Waals surface area contributed by atoms with Crippen molar-refractivity contribution in [3.63, 3.8) is 0 Å². The fraction of sp³-hybridized carbons (Fsp3) is 0.207. The number of hydrogen-bond acceptors (Lipinski definition) is 2. The molecule has 0 amide bonds. The van der Waals surface area contributed by atoms with Gasteiger partial charge in [0.05, 0.1) is 11.6 Å². The minimum absolute atomic E-state index is 0.674. The Morgan fingerprint density at radius 3 is 2.25 bits per heavy atom. The van der Waals surface area contributed by atoms with Gasteiger partial charge in [0.1, 0.15) is 0 Å². The second-order valence-electron chi connectivity index (χ2n) is 8.08. The van der Waals surface area contributed by atoms with Crippen LogP contribution in [0.1, 0.15) is 36.4 Å². The molecule has 0 bridgehead atoms. The number of allylic oxidation sites excluding steroid dienone is 1. The number of hydrogen-bond donors (Lipinski definition) is 0. The molecule has 0 aliphatic rings. The molecule has 3 aromatic carbocycles. The smallest absolute Gasteiger partial charge is 0.0998 e. The summed E-state index contributed by atoms with van der Waals surface area (Å²) >= 11 is 0. The van der Waals surface area contributed by atoms with Gasteiger partial charge in [0, 0.05) is 35.9 Å². The Hall–Kier alpha value is -3.77. The third kappa shape index (κ3) is 4.05. The molecule has 32 heavy (non-hydrogen) atoms. The van der Waals surface area contributed by atoms with E-state index in [0.29, 0.717) is 5.57 Å². The summed E-state index contributed by atoms with van der Waals surface area (Å²) in [6, 6.07) is 27.7. The highest BCUT2D eigenvalue weighted by molar-refractivity contribution is 5.94. The SMILES string of the molecule is CCN(CC)c1ccc(-n2c(C)cc(/C=C(/C#N)c3ccc4ccccc4c3)c2C)cc1. The quantitative estimate of drug-likeness (QED) is 0.311. The molecule has 0 radical (unpaired) electrons. The van der Waals surface area contributed by atoms with Crippen LogP contribution in [0.4, 0.5) is 5.69 Å². The highest BCUT2D eigenvalue weighted by Gasteiger charge is 2.12. The number of fused-ring (bicyclic) bond motifs is 1. The van der Waals surface area contributed by atoms with E-state index in [4.69, 9.17) is 0 Å². The van der Waals surface area contributed by atoms with Gasteiger partial charge in [0.2, 0.25) is 0 Å². The van der Waals surface area contributed by atoms with Crippen LogP contribution in [0.15, 0.2) is 72.8 Å². The maximum absolute atomic E-state index is 9.90. The monoisotopic (exact) mass is 419 g/mol. The molecule has 0 saturated carbocycles. The first-order valence-corrected chi connectivity index (χ1v) is 11.2. The lowest BCUT2D eigenvalue weighted by atomic mass is 10.0. The molecule has 4 rings (SSSR count). The van der Waals surface area contributed by atoms with E-state index in [9.17, 15) is 5.26 Å². The van der Waals surface area contributed by atoms with Gasteiger partial charge in [0.25, 0.3) is 0 Å². The Balaban J connectivity index is 1.71. The van der Waals surface area contributed by atoms with Crippen molar-refractivity contribution in [2.24, 2.45) is 0 Å². The van der Waals surface area contributed by atoms with Crippen LogP contribution in [0, 0.1) is 25.2 Å². The van der Waals surface area contributed by atoms with Crippen LogP contribution in [0.5, 0.6) is 0 Å². The standard InChI is InChI=1S/C29H29N3/c1-5-31(6-2)28-13-15-29(16-14-28)32-21(3)17-26(22(32)4)19-27(20-30)25-12-11-23-9-7-8-10-24(23)18-25/h7-19H,5-6H2,1-4H3/b27-19-. The third-order valence-corrected chi connectivity index (χ3v) is 6.19. The van der Waals surface area contributed by atoms with E-state index >= 15 is 0 Å². The number of nitriles is 1. The summed E-state index contributed by atoms with van der Waals surface area (Å²) in [6.07, 6.45) is 2.01. The molecular formula is C29H29N3. The molecule has 1 aromatic heterocycles. The zero-order chi connectivity index (χ0) is 22.7. The van der Waals surface area contributed by atoms with E-state index in [1.807, 2.05) is 24.3 Å². The summed E-state index contributed by atoms with van der Waals surface area (Å²) in [5.41, 5.74) is 7.35. The molecular weight excluding hydrogens is 390 g/mol. The van der Waals surface area contributed by atoms with Crippen LogP contribution >= 0.6 is 0 Å². The van der Waals surface area contributed by atoms with Crippen molar-refractivity contribution in [2.75, 3.05) is 18.0 Å². The highest BCUT2D eigenvalue weighted by atomic mass is 15.1. The topological polar surface area (TPSA) is 32.0 Å². The Labute approximate surface area is 190 Å². The van der Waals surface area contributed by atoms with Crippen molar-refractivity contribution in [1.82, 2.24) is 4.57 Å². The largest absolute Gasteiger partial charge is 0.372 e. The van der Waals surface area contributed by atoms with E-state index in [1.165, 1.54) is 11.1 Å². The summed E-state index contributed by atoms with van der Waals surface area (Å²) < 4.78 is 2.26. The molecule has 0 spiro atoms. The number of anilines is 1. The maximum Gasteiger partial charge on any atom is 0.0998 e. The van der Waals surface area contributed by atoms with Crippen molar-refractivity contribution in [3.05, 3.63) is 95.3 Å². The molecule has 0 aliphatic carbocycles. The van der Waals surface area contributed by atoms with Crippen LogP contribution in [-0.2, 0) is 0 Å². The summed E-state index contributed by atoms with van der Waals surface area (Å²) in [7, 11) is 0. The number of rotatable bonds is 6. The lowest BCUT2D eigenvalue weighted by Crippen LogP contribution is -2.21. The molecule has 4 aromatic rings. The Morgan fingerprint density at radius 2 is 1.59 bits per heavy atom. The van der Waals surface area contributed by atoms with Crippen molar-refractivity contribution in [1.29, 1.82) is 5.26 Å². The minimum atomic E-state index is 0.674. The summed E-state index contributed by atoms with van der Waals surface area (Å²) in [5, 5.41) is 12.2. The van der Waals surface area contributed by atoms with Crippen LogP contribution in [0.2, 0.25) is 0 Å². The zero-order valence-corrected chi connectivity index (χ0v) is 19.3. The normalized spacial score (nSPS) is 11.5. The zero-order valence-electron chi connectivity index (χ0n) is 19.3. The first-order valence-electron chi connectivity index (χ1n) is 11.2. The fourth-order valence-electron chi connectivity index (χ4n) is 4.42. The van der Waals surface area contributed by atoms with Crippen molar-refractivity contribution >= 4 is 28.1 Å². The van der Waals surface area contributed by atoms with Gasteiger partial charge in [0.15, 0.2) is 0 Å². The van der Waals surface area contributed by atoms with Gasteiger partial charge in [-0.15, -0.1) is 0 Å². The van der Waals surface area contributed by atoms with Gasteiger partial charge in [-0.05, 0) is 92.1 Å². The predicted octanol–water partition coefficient (Wildman–Crippen LogP) is 7.16. The summed E-state index contributed by atoms with van der Waals surface area (Å²) in [6.45, 7) is 10.6. The van der Waals surface area contributed by atoms with Gasteiger partial charge in [-0.3, -0.25) is 0 Å². The van der Waals surface area contributed by atoms with Crippen LogP contribution in [0.3, 0.4) is 0 Å². The average Bonchev–Trinajstić information content (AvgIpc) is 3.11. The molecule has 3 nitrogen and oxygen atoms in total. The Kier molecular flexibility index (Phi) is 6.14. The van der Waals surface area contributed by atoms with Crippen molar-refractivity contribution in [3.8, 4) is 11.8 Å². The second kappa shape index (κ2) is 9.16. The molecule has 0 aliphatic heterocycles. The van der Waals surface area contributed by atoms with Gasteiger partial charge >= 0.3 is 0 Å². The van der Waals surface area contributed by atoms with E-state index in [0.717, 1.165) is 46.7 Å². The third-order valence-electron chi connectivity index (χ3n) is 6.19. The van der Waals surface area contributed by atoms with Crippen LogP contribution in [-0.4, -0.2) is 17.7 Å². The van der Waals surface area contributed by atoms with E-state index in [2.05, 4.69) is 97.8 Å².